The highest BCUT2D eigenvalue weighted by Gasteiger charge is 2.25. The van der Waals surface area contributed by atoms with Crippen molar-refractivity contribution in [1.29, 1.82) is 0 Å². The molecule has 1 saturated carbocycles. The molecule has 1 aliphatic rings. The van der Waals surface area contributed by atoms with Gasteiger partial charge in [0.1, 0.15) is 0 Å². The Kier molecular flexibility index (Phi) is 3.64. The van der Waals surface area contributed by atoms with Crippen molar-refractivity contribution >= 4 is 15.9 Å². The minimum atomic E-state index is -3.80. The summed E-state index contributed by atoms with van der Waals surface area (Å²) in [6, 6.07) is 4.60. The predicted octanol–water partition coefficient (Wildman–Crippen LogP) is 1.12. The molecule has 1 fully saturated rings. The number of rotatable bonds is 4. The highest BCUT2D eigenvalue weighted by atomic mass is 32.2. The summed E-state index contributed by atoms with van der Waals surface area (Å²) in [7, 11) is -2.06. The normalized spacial score (nSPS) is 15.3. The van der Waals surface area contributed by atoms with Crippen LogP contribution in [0.1, 0.15) is 28.8 Å². The third-order valence-corrected chi connectivity index (χ3v) is 4.37. The van der Waals surface area contributed by atoms with Gasteiger partial charge in [-0.15, -0.1) is 0 Å². The average molecular weight is 282 g/mol. The number of benzene rings is 1. The fourth-order valence-electron chi connectivity index (χ4n) is 2.03. The number of nitrogens with zero attached hydrogens (tertiary/aromatic N) is 1. The molecule has 5 nitrogen and oxygen atoms in total. The highest BCUT2D eigenvalue weighted by molar-refractivity contribution is 7.89. The zero-order valence-corrected chi connectivity index (χ0v) is 11.9. The van der Waals surface area contributed by atoms with Crippen LogP contribution in [0.4, 0.5) is 0 Å². The maximum atomic E-state index is 12.2. The average Bonchev–Trinajstić information content (AvgIpc) is 3.11. The summed E-state index contributed by atoms with van der Waals surface area (Å²) >= 11 is 0. The Balaban J connectivity index is 2.27. The molecule has 0 atom stereocenters. The van der Waals surface area contributed by atoms with Gasteiger partial charge >= 0.3 is 0 Å². The first kappa shape index (κ1) is 14.0. The lowest BCUT2D eigenvalue weighted by molar-refractivity contribution is 0.0788. The molecule has 0 aliphatic heterocycles. The second kappa shape index (κ2) is 4.94. The largest absolute Gasteiger partial charge is 0.341 e. The summed E-state index contributed by atoms with van der Waals surface area (Å²) < 4.78 is 22.9. The highest BCUT2D eigenvalue weighted by Crippen LogP contribution is 2.29. The molecule has 0 radical (unpaired) electrons. The third-order valence-electron chi connectivity index (χ3n) is 3.32. The molecule has 1 aromatic carbocycles. The van der Waals surface area contributed by atoms with Gasteiger partial charge in [0.05, 0.1) is 4.90 Å². The molecular formula is C13H18N2O3S. The number of nitrogens with two attached hydrogens (primary N) is 1. The van der Waals surface area contributed by atoms with Crippen LogP contribution < -0.4 is 5.14 Å². The van der Waals surface area contributed by atoms with Crippen LogP contribution in [0.25, 0.3) is 0 Å². The Morgan fingerprint density at radius 1 is 1.42 bits per heavy atom. The summed E-state index contributed by atoms with van der Waals surface area (Å²) in [4.78, 5) is 13.8. The number of carbonyl (C=O) groups excluding carboxylic acids is 1. The molecule has 19 heavy (non-hydrogen) atoms. The van der Waals surface area contributed by atoms with E-state index in [0.29, 0.717) is 17.0 Å². The van der Waals surface area contributed by atoms with Crippen molar-refractivity contribution < 1.29 is 13.2 Å². The number of hydrogen-bond acceptors (Lipinski definition) is 3. The molecule has 0 heterocycles. The molecule has 0 aromatic heterocycles. The van der Waals surface area contributed by atoms with E-state index in [9.17, 15) is 13.2 Å². The lowest BCUT2D eigenvalue weighted by Crippen LogP contribution is -2.29. The minimum absolute atomic E-state index is 0.0122. The van der Waals surface area contributed by atoms with Crippen molar-refractivity contribution in [2.24, 2.45) is 11.1 Å². The second-order valence-corrected chi connectivity index (χ2v) is 6.68. The molecule has 0 bridgehead atoms. The molecule has 2 N–H and O–H groups in total. The van der Waals surface area contributed by atoms with Crippen LogP contribution in [-0.4, -0.2) is 32.8 Å². The Bertz CT molecular complexity index is 606. The summed E-state index contributed by atoms with van der Waals surface area (Å²) in [5.74, 6) is 0.425. The molecule has 1 aliphatic carbocycles. The van der Waals surface area contributed by atoms with E-state index in [4.69, 9.17) is 5.14 Å². The van der Waals surface area contributed by atoms with E-state index in [1.54, 1.807) is 31.0 Å². The van der Waals surface area contributed by atoms with Gasteiger partial charge in [-0.25, -0.2) is 13.6 Å². The van der Waals surface area contributed by atoms with Crippen molar-refractivity contribution in [3.05, 3.63) is 29.3 Å². The number of sulfonamides is 1. The van der Waals surface area contributed by atoms with Crippen LogP contribution in [0.2, 0.25) is 0 Å². The van der Waals surface area contributed by atoms with Gasteiger partial charge in [-0.05, 0) is 43.4 Å². The molecule has 104 valence electrons. The molecule has 0 saturated heterocycles. The van der Waals surface area contributed by atoms with E-state index < -0.39 is 10.0 Å². The van der Waals surface area contributed by atoms with E-state index in [1.807, 2.05) is 0 Å². The monoisotopic (exact) mass is 282 g/mol. The zero-order chi connectivity index (χ0) is 14.2. The van der Waals surface area contributed by atoms with Gasteiger partial charge < -0.3 is 4.90 Å². The van der Waals surface area contributed by atoms with Crippen LogP contribution in [0, 0.1) is 12.8 Å². The summed E-state index contributed by atoms with van der Waals surface area (Å²) in [5, 5.41) is 5.14. The fraction of sp³-hybridized carbons (Fsp3) is 0.462. The lowest BCUT2D eigenvalue weighted by atomic mass is 10.1. The molecule has 1 aromatic rings. The van der Waals surface area contributed by atoms with Gasteiger partial charge in [-0.1, -0.05) is 6.07 Å². The van der Waals surface area contributed by atoms with Crippen molar-refractivity contribution in [2.45, 2.75) is 24.7 Å². The first-order valence-corrected chi connectivity index (χ1v) is 7.72. The third kappa shape index (κ3) is 3.33. The molecule has 0 unspecified atom stereocenters. The topological polar surface area (TPSA) is 80.5 Å². The summed E-state index contributed by atoms with van der Waals surface area (Å²) in [6.07, 6.45) is 2.32. The van der Waals surface area contributed by atoms with Gasteiger partial charge in [0, 0.05) is 19.2 Å². The van der Waals surface area contributed by atoms with Crippen LogP contribution in [0.3, 0.4) is 0 Å². The van der Waals surface area contributed by atoms with Crippen molar-refractivity contribution in [3.8, 4) is 0 Å². The first-order chi connectivity index (χ1) is 8.79. The molecular weight excluding hydrogens is 264 g/mol. The summed E-state index contributed by atoms with van der Waals surface area (Å²) in [6.45, 7) is 2.37. The number of amides is 1. The smallest absolute Gasteiger partial charge is 0.253 e. The molecule has 1 amide bonds. The van der Waals surface area contributed by atoms with Crippen molar-refractivity contribution in [1.82, 2.24) is 4.90 Å². The van der Waals surface area contributed by atoms with Crippen LogP contribution in [-0.2, 0) is 10.0 Å². The second-order valence-electron chi connectivity index (χ2n) is 5.15. The van der Waals surface area contributed by atoms with Gasteiger partial charge in [-0.2, -0.15) is 0 Å². The van der Waals surface area contributed by atoms with Crippen molar-refractivity contribution in [2.75, 3.05) is 13.6 Å². The Hall–Kier alpha value is -1.40. The van der Waals surface area contributed by atoms with E-state index in [0.717, 1.165) is 19.4 Å². The van der Waals surface area contributed by atoms with Crippen LogP contribution in [0.15, 0.2) is 23.1 Å². The standard InChI is InChI=1S/C13H18N2O3S/c1-9-3-6-11(7-12(9)19(14,17)18)13(16)15(2)8-10-4-5-10/h3,6-7,10H,4-5,8H2,1-2H3,(H2,14,17,18). The Morgan fingerprint density at radius 2 is 2.05 bits per heavy atom. The quantitative estimate of drug-likeness (QED) is 0.898. The van der Waals surface area contributed by atoms with Crippen molar-refractivity contribution in [3.63, 3.8) is 0 Å². The maximum Gasteiger partial charge on any atom is 0.253 e. The minimum Gasteiger partial charge on any atom is -0.341 e. The number of aryl methyl sites for hydroxylation is 1. The molecule has 2 rings (SSSR count). The Morgan fingerprint density at radius 3 is 2.58 bits per heavy atom. The van der Waals surface area contributed by atoms with Crippen LogP contribution in [0.5, 0.6) is 0 Å². The van der Waals surface area contributed by atoms with E-state index in [1.165, 1.54) is 6.07 Å². The number of primary sulfonamides is 1. The number of hydrogen-bond donors (Lipinski definition) is 1. The molecule has 6 heteroatoms. The predicted molar refractivity (Wildman–Crippen MR) is 72.2 cm³/mol. The van der Waals surface area contributed by atoms with Gasteiger partial charge in [-0.3, -0.25) is 4.79 Å². The maximum absolute atomic E-state index is 12.2. The van der Waals surface area contributed by atoms with Gasteiger partial charge in [0.25, 0.3) is 5.91 Å². The van der Waals surface area contributed by atoms with Gasteiger partial charge in [0.15, 0.2) is 0 Å². The molecule has 0 spiro atoms. The van der Waals surface area contributed by atoms with Gasteiger partial charge in [0.2, 0.25) is 10.0 Å². The van der Waals surface area contributed by atoms with E-state index in [-0.39, 0.29) is 10.8 Å². The van der Waals surface area contributed by atoms with E-state index in [2.05, 4.69) is 0 Å². The Labute approximate surface area is 113 Å². The van der Waals surface area contributed by atoms with Crippen LogP contribution >= 0.6 is 0 Å². The van der Waals surface area contributed by atoms with E-state index >= 15 is 0 Å². The SMILES string of the molecule is Cc1ccc(C(=O)N(C)CC2CC2)cc1S(N)(=O)=O. The zero-order valence-electron chi connectivity index (χ0n) is 11.1. The number of carbonyl (C=O) groups is 1. The lowest BCUT2D eigenvalue weighted by Gasteiger charge is -2.17. The first-order valence-electron chi connectivity index (χ1n) is 6.18. The summed E-state index contributed by atoms with van der Waals surface area (Å²) in [5.41, 5.74) is 0.904. The fourth-order valence-corrected chi connectivity index (χ4v) is 2.84.